The highest BCUT2D eigenvalue weighted by atomic mass is 19.1. The fourth-order valence-electron chi connectivity index (χ4n) is 5.30. The molecule has 1 saturated heterocycles. The summed E-state index contributed by atoms with van der Waals surface area (Å²) in [4.78, 5) is 28.2. The fraction of sp³-hybridized carbons (Fsp3) is 0.500. The van der Waals surface area contributed by atoms with Gasteiger partial charge in [0.05, 0.1) is 11.5 Å². The van der Waals surface area contributed by atoms with Gasteiger partial charge in [0, 0.05) is 19.5 Å². The Hall–Kier alpha value is -2.70. The van der Waals surface area contributed by atoms with Gasteiger partial charge in [0.25, 0.3) is 5.91 Å². The Morgan fingerprint density at radius 3 is 2.72 bits per heavy atom. The molecular weight excluding hydrogens is 373 g/mol. The fourth-order valence-corrected chi connectivity index (χ4v) is 5.30. The van der Waals surface area contributed by atoms with Gasteiger partial charge in [-0.2, -0.15) is 0 Å². The van der Waals surface area contributed by atoms with Gasteiger partial charge in [-0.1, -0.05) is 30.1 Å². The first-order valence-electron chi connectivity index (χ1n) is 10.4. The lowest BCUT2D eigenvalue weighted by Gasteiger charge is -2.35. The second-order valence-corrected chi connectivity index (χ2v) is 8.32. The van der Waals surface area contributed by atoms with Crippen LogP contribution in [0.3, 0.4) is 0 Å². The zero-order chi connectivity index (χ0) is 20.0. The van der Waals surface area contributed by atoms with Gasteiger partial charge >= 0.3 is 0 Å². The van der Waals surface area contributed by atoms with Gasteiger partial charge in [-0.25, -0.2) is 4.39 Å². The van der Waals surface area contributed by atoms with Gasteiger partial charge in [0.2, 0.25) is 5.91 Å². The Kier molecular flexibility index (Phi) is 4.41. The predicted molar refractivity (Wildman–Crippen MR) is 103 cm³/mol. The average Bonchev–Trinajstić information content (AvgIpc) is 3.47. The molecule has 2 aromatic rings. The molecule has 3 aliphatic rings. The third-order valence-electron chi connectivity index (χ3n) is 6.75. The number of rotatable bonds is 3. The summed E-state index contributed by atoms with van der Waals surface area (Å²) in [5.41, 5.74) is 1.34. The Bertz CT molecular complexity index is 947. The average molecular weight is 397 g/mol. The maximum absolute atomic E-state index is 13.9. The van der Waals surface area contributed by atoms with Gasteiger partial charge in [0.15, 0.2) is 5.76 Å². The Morgan fingerprint density at radius 1 is 1.21 bits per heavy atom. The highest BCUT2D eigenvalue weighted by Gasteiger charge is 2.48. The van der Waals surface area contributed by atoms with Crippen molar-refractivity contribution >= 4 is 11.8 Å². The molecule has 0 bridgehead atoms. The second-order valence-electron chi connectivity index (χ2n) is 8.32. The predicted octanol–water partition coefficient (Wildman–Crippen LogP) is 3.28. The molecule has 29 heavy (non-hydrogen) atoms. The molecule has 3 heterocycles. The highest BCUT2D eigenvalue weighted by molar-refractivity contribution is 5.97. The molecule has 1 atom stereocenters. The van der Waals surface area contributed by atoms with Gasteiger partial charge in [-0.3, -0.25) is 9.59 Å². The number of amides is 2. The molecule has 1 unspecified atom stereocenters. The molecule has 0 radical (unpaired) electrons. The largest absolute Gasteiger partial charge is 0.360 e. The third kappa shape index (κ3) is 2.86. The number of carbonyl (C=O) groups excluding carboxylic acids is 2. The Morgan fingerprint density at radius 2 is 1.97 bits per heavy atom. The number of nitrogens with zero attached hydrogens (tertiary/aromatic N) is 2. The molecule has 1 aromatic heterocycles. The molecule has 1 saturated carbocycles. The number of likely N-dealkylation sites (tertiary alicyclic amines) is 1. The zero-order valence-corrected chi connectivity index (χ0v) is 16.2. The first-order valence-corrected chi connectivity index (χ1v) is 10.4. The van der Waals surface area contributed by atoms with E-state index >= 15 is 0 Å². The maximum atomic E-state index is 13.9. The summed E-state index contributed by atoms with van der Waals surface area (Å²) in [6.07, 6.45) is 5.72. The van der Waals surface area contributed by atoms with Gasteiger partial charge in [0.1, 0.15) is 17.1 Å². The summed E-state index contributed by atoms with van der Waals surface area (Å²) in [5, 5.41) is 7.07. The van der Waals surface area contributed by atoms with Gasteiger partial charge in [-0.15, -0.1) is 0 Å². The van der Waals surface area contributed by atoms with Crippen LogP contribution in [-0.4, -0.2) is 35.0 Å². The number of hydrogen-bond donors (Lipinski definition) is 1. The number of carbonyl (C=O) groups is 2. The molecule has 1 aromatic carbocycles. The van der Waals surface area contributed by atoms with Crippen LogP contribution in [0.1, 0.15) is 71.9 Å². The first kappa shape index (κ1) is 18.3. The summed E-state index contributed by atoms with van der Waals surface area (Å²) in [6.45, 7) is 1.18. The van der Waals surface area contributed by atoms with Crippen LogP contribution in [-0.2, 0) is 16.6 Å². The van der Waals surface area contributed by atoms with Crippen LogP contribution in [0.4, 0.5) is 4.39 Å². The van der Waals surface area contributed by atoms with E-state index in [1.165, 1.54) is 12.1 Å². The van der Waals surface area contributed by atoms with Crippen molar-refractivity contribution in [2.24, 2.45) is 0 Å². The van der Waals surface area contributed by atoms with Crippen LogP contribution >= 0.6 is 0 Å². The van der Waals surface area contributed by atoms with Crippen LogP contribution < -0.4 is 5.32 Å². The SMILES string of the molecule is O=C1NCCc2onc(C3CCCN3C(=O)C3(c4ccc(F)cc4)CCCC3)c21. The van der Waals surface area contributed by atoms with E-state index in [1.54, 1.807) is 12.1 Å². The van der Waals surface area contributed by atoms with E-state index in [0.29, 0.717) is 36.5 Å². The van der Waals surface area contributed by atoms with E-state index in [9.17, 15) is 14.0 Å². The molecule has 1 aliphatic carbocycles. The van der Waals surface area contributed by atoms with Crippen LogP contribution in [0.25, 0.3) is 0 Å². The van der Waals surface area contributed by atoms with E-state index in [0.717, 1.165) is 44.1 Å². The number of hydrogen-bond acceptors (Lipinski definition) is 4. The van der Waals surface area contributed by atoms with Crippen LogP contribution in [0.15, 0.2) is 28.8 Å². The number of nitrogens with one attached hydrogen (secondary N) is 1. The first-order chi connectivity index (χ1) is 14.1. The highest BCUT2D eigenvalue weighted by Crippen LogP contribution is 2.46. The molecular formula is C22H24FN3O3. The second kappa shape index (κ2) is 6.97. The summed E-state index contributed by atoms with van der Waals surface area (Å²) < 4.78 is 18.9. The zero-order valence-electron chi connectivity index (χ0n) is 16.2. The topological polar surface area (TPSA) is 75.4 Å². The number of fused-ring (bicyclic) bond motifs is 1. The van der Waals surface area contributed by atoms with Gasteiger partial charge in [-0.05, 0) is 43.4 Å². The van der Waals surface area contributed by atoms with Crippen molar-refractivity contribution < 1.29 is 18.5 Å². The van der Waals surface area contributed by atoms with E-state index in [4.69, 9.17) is 4.52 Å². The van der Waals surface area contributed by atoms with Gasteiger partial charge < -0.3 is 14.7 Å². The van der Waals surface area contributed by atoms with Crippen LogP contribution in [0.2, 0.25) is 0 Å². The minimum absolute atomic E-state index is 0.0667. The smallest absolute Gasteiger partial charge is 0.256 e. The van der Waals surface area contributed by atoms with Crippen molar-refractivity contribution in [3.63, 3.8) is 0 Å². The minimum Gasteiger partial charge on any atom is -0.360 e. The monoisotopic (exact) mass is 397 g/mol. The minimum atomic E-state index is -0.623. The molecule has 2 amide bonds. The van der Waals surface area contributed by atoms with Crippen molar-refractivity contribution in [3.05, 3.63) is 52.7 Å². The van der Waals surface area contributed by atoms with E-state index < -0.39 is 5.41 Å². The maximum Gasteiger partial charge on any atom is 0.256 e. The standard InChI is InChI=1S/C22H24FN3O3/c23-15-7-5-14(6-8-15)22(10-1-2-11-22)21(28)26-13-3-4-16(26)19-18-17(29-25-19)9-12-24-20(18)27/h5-8,16H,1-4,9-13H2,(H,24,27). The molecule has 5 rings (SSSR count). The molecule has 152 valence electrons. The third-order valence-corrected chi connectivity index (χ3v) is 6.75. The van der Waals surface area contributed by atoms with Crippen molar-refractivity contribution in [2.75, 3.05) is 13.1 Å². The van der Waals surface area contributed by atoms with Crippen molar-refractivity contribution in [3.8, 4) is 0 Å². The lowest BCUT2D eigenvalue weighted by Crippen LogP contribution is -2.45. The number of aromatic nitrogens is 1. The molecule has 0 spiro atoms. The lowest BCUT2D eigenvalue weighted by atomic mass is 9.77. The van der Waals surface area contributed by atoms with E-state index in [2.05, 4.69) is 10.5 Å². The Labute approximate surface area is 168 Å². The van der Waals surface area contributed by atoms with Crippen LogP contribution in [0.5, 0.6) is 0 Å². The van der Waals surface area contributed by atoms with E-state index in [1.807, 2.05) is 4.90 Å². The van der Waals surface area contributed by atoms with Crippen LogP contribution in [0, 0.1) is 5.82 Å². The molecule has 2 aliphatic heterocycles. The summed E-state index contributed by atoms with van der Waals surface area (Å²) in [6, 6.07) is 6.10. The van der Waals surface area contributed by atoms with E-state index in [-0.39, 0.29) is 23.7 Å². The quantitative estimate of drug-likeness (QED) is 0.863. The Balaban J connectivity index is 1.51. The molecule has 2 fully saturated rings. The molecule has 6 nitrogen and oxygen atoms in total. The summed E-state index contributed by atoms with van der Waals surface area (Å²) in [7, 11) is 0. The molecule has 7 heteroatoms. The normalized spacial score (nSPS) is 23.1. The number of benzene rings is 1. The molecule has 1 N–H and O–H groups in total. The van der Waals surface area contributed by atoms with Crippen molar-refractivity contribution in [1.82, 2.24) is 15.4 Å². The lowest BCUT2D eigenvalue weighted by molar-refractivity contribution is -0.138. The summed E-state index contributed by atoms with van der Waals surface area (Å²) in [5.74, 6) is 0.207. The number of halogens is 1. The van der Waals surface area contributed by atoms with Crippen molar-refractivity contribution in [1.29, 1.82) is 0 Å². The summed E-state index contributed by atoms with van der Waals surface area (Å²) >= 11 is 0. The van der Waals surface area contributed by atoms with Crippen molar-refractivity contribution in [2.45, 2.75) is 56.4 Å².